The van der Waals surface area contributed by atoms with Crippen molar-refractivity contribution < 1.29 is 24.0 Å². The molecule has 0 aliphatic carbocycles. The van der Waals surface area contributed by atoms with Crippen molar-refractivity contribution in [3.05, 3.63) is 11.6 Å². The fraction of sp³-hybridized carbons (Fsp3) is 0.600. The van der Waals surface area contributed by atoms with E-state index in [1.54, 1.807) is 27.7 Å². The molecule has 7 nitrogen and oxygen atoms in total. The Morgan fingerprint density at radius 2 is 1.68 bits per heavy atom. The van der Waals surface area contributed by atoms with Gasteiger partial charge in [0.15, 0.2) is 0 Å². The molecule has 1 saturated heterocycles. The highest BCUT2D eigenvalue weighted by molar-refractivity contribution is 6.16. The van der Waals surface area contributed by atoms with Crippen LogP contribution in [0.5, 0.6) is 0 Å². The minimum Gasteiger partial charge on any atom is -0.272 e. The van der Waals surface area contributed by atoms with Crippen LogP contribution in [0.2, 0.25) is 0 Å². The summed E-state index contributed by atoms with van der Waals surface area (Å²) in [6.45, 7) is 6.99. The second kappa shape index (κ2) is 5.64. The van der Waals surface area contributed by atoms with Crippen molar-refractivity contribution in [2.45, 2.75) is 58.6 Å². The normalized spacial score (nSPS) is 21.0. The number of nitrogens with zero attached hydrogens (tertiary/aromatic N) is 2. The van der Waals surface area contributed by atoms with Gasteiger partial charge in [0.05, 0.1) is 6.10 Å². The molecule has 2 aliphatic heterocycles. The maximum Gasteiger partial charge on any atom is 0.257 e. The van der Waals surface area contributed by atoms with E-state index < -0.39 is 11.6 Å². The van der Waals surface area contributed by atoms with E-state index in [2.05, 4.69) is 0 Å². The minimum atomic E-state index is -0.600. The number of hydrogen-bond acceptors (Lipinski definition) is 5. The molecule has 0 aromatic carbocycles. The number of carbonyl (C=O) groups is 4. The summed E-state index contributed by atoms with van der Waals surface area (Å²) in [5.74, 6) is -1.47. The van der Waals surface area contributed by atoms with E-state index in [0.717, 1.165) is 5.06 Å². The molecule has 0 bridgehead atoms. The summed E-state index contributed by atoms with van der Waals surface area (Å²) < 4.78 is 0. The smallest absolute Gasteiger partial charge is 0.257 e. The van der Waals surface area contributed by atoms with E-state index in [0.29, 0.717) is 5.57 Å². The van der Waals surface area contributed by atoms with Gasteiger partial charge in [-0.1, -0.05) is 0 Å². The number of amides is 4. The average molecular weight is 308 g/mol. The Labute approximate surface area is 128 Å². The highest BCUT2D eigenvalue weighted by Crippen LogP contribution is 2.26. The Bertz CT molecular complexity index is 557. The fourth-order valence-corrected chi connectivity index (χ4v) is 2.50. The van der Waals surface area contributed by atoms with Crippen molar-refractivity contribution in [3.8, 4) is 0 Å². The van der Waals surface area contributed by atoms with E-state index in [9.17, 15) is 19.2 Å². The van der Waals surface area contributed by atoms with E-state index in [4.69, 9.17) is 4.84 Å². The first-order valence-electron chi connectivity index (χ1n) is 7.23. The topological polar surface area (TPSA) is 84.0 Å². The zero-order valence-corrected chi connectivity index (χ0v) is 13.2. The monoisotopic (exact) mass is 308 g/mol. The van der Waals surface area contributed by atoms with Gasteiger partial charge >= 0.3 is 0 Å². The highest BCUT2D eigenvalue weighted by Gasteiger charge is 2.39. The molecule has 1 atom stereocenters. The maximum absolute atomic E-state index is 12.3. The average Bonchev–Trinajstić information content (AvgIpc) is 2.82. The number of hydrogen-bond donors (Lipinski definition) is 0. The van der Waals surface area contributed by atoms with Gasteiger partial charge in [0.1, 0.15) is 0 Å². The molecule has 0 aromatic heterocycles. The predicted octanol–water partition coefficient (Wildman–Crippen LogP) is 0.939. The van der Waals surface area contributed by atoms with E-state index >= 15 is 0 Å². The van der Waals surface area contributed by atoms with Crippen molar-refractivity contribution in [1.29, 1.82) is 0 Å². The Kier molecular flexibility index (Phi) is 4.19. The van der Waals surface area contributed by atoms with E-state index in [1.807, 2.05) is 0 Å². The summed E-state index contributed by atoms with van der Waals surface area (Å²) in [5.41, 5.74) is -0.274. The SMILES string of the molecule is CC(CC1=CC(=O)N(C(C)(C)C)C1=O)ON1C(=O)CCC1=O. The van der Waals surface area contributed by atoms with Crippen molar-refractivity contribution >= 4 is 23.6 Å². The first-order chi connectivity index (χ1) is 10.1. The number of carbonyl (C=O) groups excluding carboxylic acids is 4. The van der Waals surface area contributed by atoms with E-state index in [-0.39, 0.29) is 42.9 Å². The Hall–Kier alpha value is -2.02. The molecule has 7 heteroatoms. The molecule has 1 fully saturated rings. The molecular formula is C15H20N2O5. The van der Waals surface area contributed by atoms with Gasteiger partial charge < -0.3 is 0 Å². The van der Waals surface area contributed by atoms with Crippen LogP contribution >= 0.6 is 0 Å². The van der Waals surface area contributed by atoms with Crippen LogP contribution in [0, 0.1) is 0 Å². The van der Waals surface area contributed by atoms with Gasteiger partial charge in [-0.2, -0.15) is 5.06 Å². The molecule has 2 rings (SSSR count). The Morgan fingerprint density at radius 3 is 2.14 bits per heavy atom. The minimum absolute atomic E-state index is 0.142. The van der Waals surface area contributed by atoms with Crippen LogP contribution in [0.4, 0.5) is 0 Å². The Balaban J connectivity index is 2.01. The molecule has 0 saturated carbocycles. The predicted molar refractivity (Wildman–Crippen MR) is 75.9 cm³/mol. The van der Waals surface area contributed by atoms with Crippen molar-refractivity contribution in [3.63, 3.8) is 0 Å². The van der Waals surface area contributed by atoms with Crippen LogP contribution < -0.4 is 0 Å². The Morgan fingerprint density at radius 1 is 1.14 bits per heavy atom. The lowest BCUT2D eigenvalue weighted by molar-refractivity contribution is -0.200. The molecule has 2 heterocycles. The lowest BCUT2D eigenvalue weighted by Crippen LogP contribution is -2.46. The first kappa shape index (κ1) is 16.4. The molecule has 2 aliphatic rings. The van der Waals surface area contributed by atoms with Crippen LogP contribution in [-0.4, -0.2) is 45.2 Å². The van der Waals surface area contributed by atoms with Gasteiger partial charge in [0.25, 0.3) is 23.6 Å². The second-order valence-electron chi connectivity index (χ2n) is 6.52. The van der Waals surface area contributed by atoms with E-state index in [1.165, 1.54) is 11.0 Å². The van der Waals surface area contributed by atoms with Gasteiger partial charge in [0, 0.05) is 36.5 Å². The lowest BCUT2D eigenvalue weighted by Gasteiger charge is -2.30. The summed E-state index contributed by atoms with van der Waals surface area (Å²) in [5, 5.41) is 0.758. The van der Waals surface area contributed by atoms with Crippen molar-refractivity contribution in [2.75, 3.05) is 0 Å². The fourth-order valence-electron chi connectivity index (χ4n) is 2.50. The number of imide groups is 2. The van der Waals surface area contributed by atoms with Crippen molar-refractivity contribution in [2.24, 2.45) is 0 Å². The third-order valence-electron chi connectivity index (χ3n) is 3.47. The summed E-state index contributed by atoms with van der Waals surface area (Å²) >= 11 is 0. The third-order valence-corrected chi connectivity index (χ3v) is 3.47. The molecule has 22 heavy (non-hydrogen) atoms. The number of rotatable bonds is 4. The zero-order chi connectivity index (χ0) is 16.7. The molecule has 0 radical (unpaired) electrons. The lowest BCUT2D eigenvalue weighted by atomic mass is 10.1. The number of hydroxylamine groups is 2. The van der Waals surface area contributed by atoms with Crippen molar-refractivity contribution in [1.82, 2.24) is 9.96 Å². The summed E-state index contributed by atoms with van der Waals surface area (Å²) in [7, 11) is 0. The van der Waals surface area contributed by atoms with Gasteiger partial charge in [-0.05, 0) is 27.7 Å². The molecule has 0 aromatic rings. The standard InChI is InChI=1S/C15H20N2O5/c1-9(22-17-11(18)5-6-12(17)19)7-10-8-13(20)16(14(10)21)15(2,3)4/h8-9H,5-7H2,1-4H3. The van der Waals surface area contributed by atoms with Crippen LogP contribution in [0.25, 0.3) is 0 Å². The summed E-state index contributed by atoms with van der Waals surface area (Å²) in [4.78, 5) is 53.7. The highest BCUT2D eigenvalue weighted by atomic mass is 16.7. The molecular weight excluding hydrogens is 288 g/mol. The quantitative estimate of drug-likeness (QED) is 0.722. The third kappa shape index (κ3) is 3.09. The van der Waals surface area contributed by atoms with Crippen LogP contribution in [0.3, 0.4) is 0 Å². The molecule has 120 valence electrons. The van der Waals surface area contributed by atoms with Gasteiger partial charge in [-0.3, -0.25) is 28.9 Å². The first-order valence-corrected chi connectivity index (χ1v) is 7.23. The second-order valence-corrected chi connectivity index (χ2v) is 6.52. The molecule has 4 amide bonds. The van der Waals surface area contributed by atoms with Gasteiger partial charge in [0.2, 0.25) is 0 Å². The van der Waals surface area contributed by atoms with Gasteiger partial charge in [-0.25, -0.2) is 0 Å². The molecule has 1 unspecified atom stereocenters. The largest absolute Gasteiger partial charge is 0.272 e. The van der Waals surface area contributed by atoms with Gasteiger partial charge in [-0.15, -0.1) is 0 Å². The zero-order valence-electron chi connectivity index (χ0n) is 13.2. The molecule has 0 spiro atoms. The molecule has 0 N–H and O–H groups in total. The van der Waals surface area contributed by atoms with Crippen LogP contribution in [0.15, 0.2) is 11.6 Å². The van der Waals surface area contributed by atoms with Crippen LogP contribution in [0.1, 0.15) is 47.0 Å². The summed E-state index contributed by atoms with van der Waals surface area (Å²) in [6.07, 6.45) is 1.18. The maximum atomic E-state index is 12.3. The van der Waals surface area contributed by atoms with Crippen LogP contribution in [-0.2, 0) is 24.0 Å². The summed E-state index contributed by atoms with van der Waals surface area (Å²) in [6, 6.07) is 0.